The molecular weight excluding hydrogens is 220 g/mol. The predicted molar refractivity (Wildman–Crippen MR) is 65.7 cm³/mol. The Morgan fingerprint density at radius 3 is 2.29 bits per heavy atom. The molecule has 17 heavy (non-hydrogen) atoms. The molecule has 0 aliphatic rings. The van der Waals surface area contributed by atoms with Crippen LogP contribution in [-0.4, -0.2) is 28.6 Å². The first kappa shape index (κ1) is 15.8. The number of carboxylic acid groups (broad SMARTS) is 1. The lowest BCUT2D eigenvalue weighted by molar-refractivity contribution is -0.145. The molecule has 0 radical (unpaired) electrons. The van der Waals surface area contributed by atoms with E-state index in [1.54, 1.807) is 0 Å². The standard InChI is InChI=1S/C13H22O4/c1-11(15)12(13(16)17)9-7-5-3-2-4-6-8-10-14/h3,5,12,14H,2,4,6-10H2,1H3,(H,16,17). The van der Waals surface area contributed by atoms with Gasteiger partial charge in [0.25, 0.3) is 0 Å². The van der Waals surface area contributed by atoms with Crippen LogP contribution in [-0.2, 0) is 9.59 Å². The number of hydrogen-bond acceptors (Lipinski definition) is 3. The molecule has 0 saturated heterocycles. The molecule has 1 unspecified atom stereocenters. The van der Waals surface area contributed by atoms with Gasteiger partial charge in [-0.15, -0.1) is 0 Å². The minimum atomic E-state index is -1.03. The van der Waals surface area contributed by atoms with Crippen LogP contribution in [0.1, 0.15) is 45.4 Å². The van der Waals surface area contributed by atoms with Crippen molar-refractivity contribution in [2.75, 3.05) is 6.61 Å². The van der Waals surface area contributed by atoms with E-state index in [0.717, 1.165) is 25.7 Å². The fraction of sp³-hybridized carbons (Fsp3) is 0.692. The Morgan fingerprint density at radius 1 is 1.12 bits per heavy atom. The lowest BCUT2D eigenvalue weighted by Gasteiger charge is -2.05. The third-order valence-electron chi connectivity index (χ3n) is 2.61. The summed E-state index contributed by atoms with van der Waals surface area (Å²) in [6.45, 7) is 1.56. The van der Waals surface area contributed by atoms with Gasteiger partial charge in [-0.25, -0.2) is 0 Å². The molecule has 0 aromatic carbocycles. The lowest BCUT2D eigenvalue weighted by atomic mass is 9.99. The van der Waals surface area contributed by atoms with Gasteiger partial charge in [-0.2, -0.15) is 0 Å². The number of ketones is 1. The second-order valence-corrected chi connectivity index (χ2v) is 4.12. The molecule has 0 spiro atoms. The Hall–Kier alpha value is -1.16. The molecule has 0 bridgehead atoms. The second kappa shape index (κ2) is 10.0. The van der Waals surface area contributed by atoms with Gasteiger partial charge in [0.2, 0.25) is 0 Å². The van der Waals surface area contributed by atoms with Gasteiger partial charge in [-0.05, 0) is 39.0 Å². The maximum absolute atomic E-state index is 11.0. The number of carbonyl (C=O) groups excluding carboxylic acids is 1. The molecule has 0 aliphatic carbocycles. The molecule has 0 fully saturated rings. The number of hydrogen-bond donors (Lipinski definition) is 2. The summed E-state index contributed by atoms with van der Waals surface area (Å²) in [4.78, 5) is 21.7. The highest BCUT2D eigenvalue weighted by Gasteiger charge is 2.20. The summed E-state index contributed by atoms with van der Waals surface area (Å²) in [5.74, 6) is -2.18. The number of rotatable bonds is 10. The van der Waals surface area contributed by atoms with Gasteiger partial charge in [-0.3, -0.25) is 9.59 Å². The molecule has 4 heteroatoms. The van der Waals surface area contributed by atoms with E-state index in [4.69, 9.17) is 10.2 Å². The van der Waals surface area contributed by atoms with Crippen LogP contribution in [0, 0.1) is 5.92 Å². The second-order valence-electron chi connectivity index (χ2n) is 4.12. The van der Waals surface area contributed by atoms with Crippen molar-refractivity contribution >= 4 is 11.8 Å². The molecule has 98 valence electrons. The maximum Gasteiger partial charge on any atom is 0.314 e. The number of aliphatic hydroxyl groups excluding tert-OH is 1. The summed E-state index contributed by atoms with van der Waals surface area (Å²) in [6.07, 6.45) is 8.75. The Kier molecular flexibility index (Phi) is 9.34. The summed E-state index contributed by atoms with van der Waals surface area (Å²) in [5.41, 5.74) is 0. The zero-order valence-electron chi connectivity index (χ0n) is 10.4. The van der Waals surface area contributed by atoms with Crippen LogP contribution >= 0.6 is 0 Å². The molecule has 4 nitrogen and oxygen atoms in total. The number of allylic oxidation sites excluding steroid dienone is 2. The highest BCUT2D eigenvalue weighted by molar-refractivity contribution is 5.96. The van der Waals surface area contributed by atoms with Crippen molar-refractivity contribution in [1.82, 2.24) is 0 Å². The lowest BCUT2D eigenvalue weighted by Crippen LogP contribution is -2.20. The molecule has 0 aromatic heterocycles. The number of carboxylic acids is 1. The maximum atomic E-state index is 11.0. The van der Waals surface area contributed by atoms with E-state index < -0.39 is 11.9 Å². The quantitative estimate of drug-likeness (QED) is 0.350. The number of aliphatic carboxylic acids is 1. The topological polar surface area (TPSA) is 74.6 Å². The zero-order chi connectivity index (χ0) is 13.1. The Bertz CT molecular complexity index is 244. The van der Waals surface area contributed by atoms with Crippen molar-refractivity contribution in [3.63, 3.8) is 0 Å². The van der Waals surface area contributed by atoms with Gasteiger partial charge in [0.1, 0.15) is 11.7 Å². The first-order valence-corrected chi connectivity index (χ1v) is 6.08. The molecule has 2 N–H and O–H groups in total. The van der Waals surface area contributed by atoms with Crippen LogP contribution in [0.15, 0.2) is 12.2 Å². The van der Waals surface area contributed by atoms with Gasteiger partial charge in [0.05, 0.1) is 0 Å². The first-order chi connectivity index (χ1) is 8.09. The summed E-state index contributed by atoms with van der Waals surface area (Å²) >= 11 is 0. The third kappa shape index (κ3) is 8.63. The normalized spacial score (nSPS) is 12.8. The van der Waals surface area contributed by atoms with E-state index >= 15 is 0 Å². The highest BCUT2D eigenvalue weighted by Crippen LogP contribution is 2.09. The average Bonchev–Trinajstić information content (AvgIpc) is 2.26. The van der Waals surface area contributed by atoms with E-state index in [0.29, 0.717) is 12.8 Å². The fourth-order valence-corrected chi connectivity index (χ4v) is 1.55. The number of unbranched alkanes of at least 4 members (excludes halogenated alkanes) is 3. The Labute approximate surface area is 102 Å². The monoisotopic (exact) mass is 242 g/mol. The zero-order valence-corrected chi connectivity index (χ0v) is 10.4. The largest absolute Gasteiger partial charge is 0.481 e. The Morgan fingerprint density at radius 2 is 1.76 bits per heavy atom. The first-order valence-electron chi connectivity index (χ1n) is 6.08. The van der Waals surface area contributed by atoms with Crippen LogP contribution in [0.3, 0.4) is 0 Å². The molecule has 0 rings (SSSR count). The van der Waals surface area contributed by atoms with Crippen molar-refractivity contribution in [3.05, 3.63) is 12.2 Å². The van der Waals surface area contributed by atoms with Crippen LogP contribution in [0.2, 0.25) is 0 Å². The highest BCUT2D eigenvalue weighted by atomic mass is 16.4. The molecule has 0 amide bonds. The van der Waals surface area contributed by atoms with E-state index in [2.05, 4.69) is 0 Å². The van der Waals surface area contributed by atoms with Crippen LogP contribution < -0.4 is 0 Å². The number of aliphatic hydroxyl groups is 1. The van der Waals surface area contributed by atoms with Crippen molar-refractivity contribution in [2.45, 2.75) is 45.4 Å². The molecule has 0 saturated carbocycles. The Balaban J connectivity index is 3.63. The molecule has 0 heterocycles. The van der Waals surface area contributed by atoms with Crippen LogP contribution in [0.25, 0.3) is 0 Å². The van der Waals surface area contributed by atoms with Crippen LogP contribution in [0.4, 0.5) is 0 Å². The molecule has 0 aromatic rings. The fourth-order valence-electron chi connectivity index (χ4n) is 1.55. The van der Waals surface area contributed by atoms with Gasteiger partial charge in [-0.1, -0.05) is 18.6 Å². The molecule has 1 atom stereocenters. The number of carbonyl (C=O) groups is 2. The third-order valence-corrected chi connectivity index (χ3v) is 2.61. The summed E-state index contributed by atoms with van der Waals surface area (Å²) < 4.78 is 0. The van der Waals surface area contributed by atoms with Crippen molar-refractivity contribution < 1.29 is 19.8 Å². The summed E-state index contributed by atoms with van der Waals surface area (Å²) in [6, 6.07) is 0. The minimum absolute atomic E-state index is 0.239. The smallest absolute Gasteiger partial charge is 0.314 e. The van der Waals surface area contributed by atoms with E-state index in [1.807, 2.05) is 12.2 Å². The van der Waals surface area contributed by atoms with Gasteiger partial charge >= 0.3 is 5.97 Å². The van der Waals surface area contributed by atoms with Gasteiger partial charge in [0, 0.05) is 6.61 Å². The van der Waals surface area contributed by atoms with E-state index in [9.17, 15) is 9.59 Å². The van der Waals surface area contributed by atoms with Gasteiger partial charge < -0.3 is 10.2 Å². The van der Waals surface area contributed by atoms with Crippen molar-refractivity contribution in [1.29, 1.82) is 0 Å². The number of Topliss-reactive ketones (excluding diaryl/α,β-unsaturated/α-hetero) is 1. The van der Waals surface area contributed by atoms with Crippen LogP contribution in [0.5, 0.6) is 0 Å². The minimum Gasteiger partial charge on any atom is -0.481 e. The van der Waals surface area contributed by atoms with E-state index in [1.165, 1.54) is 6.92 Å². The molecule has 0 aliphatic heterocycles. The van der Waals surface area contributed by atoms with Gasteiger partial charge in [0.15, 0.2) is 0 Å². The average molecular weight is 242 g/mol. The predicted octanol–water partition coefficient (Wildman–Crippen LogP) is 2.17. The SMILES string of the molecule is CC(=O)C(CCC=CCCCCCO)C(=O)O. The van der Waals surface area contributed by atoms with E-state index in [-0.39, 0.29) is 12.4 Å². The molecular formula is C13H22O4. The van der Waals surface area contributed by atoms with Crippen molar-refractivity contribution in [3.8, 4) is 0 Å². The summed E-state index contributed by atoms with van der Waals surface area (Å²) in [7, 11) is 0. The summed E-state index contributed by atoms with van der Waals surface area (Å²) in [5, 5.41) is 17.3. The van der Waals surface area contributed by atoms with Crippen molar-refractivity contribution in [2.24, 2.45) is 5.92 Å².